The maximum atomic E-state index is 12.9. The summed E-state index contributed by atoms with van der Waals surface area (Å²) in [4.78, 5) is 28.2. The van der Waals surface area contributed by atoms with E-state index in [4.69, 9.17) is 0 Å². The molecule has 1 amide bonds. The number of benzene rings is 1. The third-order valence-corrected chi connectivity index (χ3v) is 6.11. The van der Waals surface area contributed by atoms with E-state index in [1.54, 1.807) is 4.90 Å². The Labute approximate surface area is 170 Å². The number of rotatable bonds is 5. The monoisotopic (exact) mass is 397 g/mol. The number of nitrogens with zero attached hydrogens (tertiary/aromatic N) is 5. The molecule has 1 aromatic carbocycles. The Morgan fingerprint density at radius 2 is 1.86 bits per heavy atom. The number of hydrogen-bond donors (Lipinski definition) is 1. The van der Waals surface area contributed by atoms with Crippen molar-refractivity contribution < 1.29 is 14.7 Å². The normalized spacial score (nSPS) is 20.4. The summed E-state index contributed by atoms with van der Waals surface area (Å²) in [5.41, 5.74) is 1.34. The number of aryl methyl sites for hydroxylation is 1. The fraction of sp³-hybridized carbons (Fsp3) is 0.524. The van der Waals surface area contributed by atoms with Gasteiger partial charge in [-0.3, -0.25) is 14.5 Å². The van der Waals surface area contributed by atoms with Crippen LogP contribution in [-0.2, 0) is 29.1 Å². The Balaban J connectivity index is 1.34. The van der Waals surface area contributed by atoms with Crippen molar-refractivity contribution in [2.24, 2.45) is 5.92 Å². The number of amides is 1. The van der Waals surface area contributed by atoms with Crippen LogP contribution < -0.4 is 0 Å². The summed E-state index contributed by atoms with van der Waals surface area (Å²) in [7, 11) is 0. The molecule has 3 heterocycles. The molecule has 154 valence electrons. The molecule has 8 nitrogen and oxygen atoms in total. The van der Waals surface area contributed by atoms with Gasteiger partial charge in [-0.05, 0) is 37.7 Å². The van der Waals surface area contributed by atoms with Crippen molar-refractivity contribution in [3.05, 3.63) is 47.5 Å². The Morgan fingerprint density at radius 3 is 2.55 bits per heavy atom. The minimum absolute atomic E-state index is 0.000835. The van der Waals surface area contributed by atoms with Crippen LogP contribution >= 0.6 is 0 Å². The predicted octanol–water partition coefficient (Wildman–Crippen LogP) is 1.34. The quantitative estimate of drug-likeness (QED) is 0.819. The zero-order valence-corrected chi connectivity index (χ0v) is 16.7. The summed E-state index contributed by atoms with van der Waals surface area (Å²) in [6.45, 7) is 3.99. The van der Waals surface area contributed by atoms with Crippen molar-refractivity contribution in [1.82, 2.24) is 24.6 Å². The lowest BCUT2D eigenvalue weighted by Crippen LogP contribution is -2.52. The molecule has 1 N–H and O–H groups in total. The van der Waals surface area contributed by atoms with Crippen LogP contribution in [0.15, 0.2) is 30.3 Å². The van der Waals surface area contributed by atoms with Crippen molar-refractivity contribution in [3.63, 3.8) is 0 Å². The van der Waals surface area contributed by atoms with Crippen LogP contribution in [0.1, 0.15) is 30.1 Å². The highest BCUT2D eigenvalue weighted by Gasteiger charge is 2.35. The summed E-state index contributed by atoms with van der Waals surface area (Å²) in [6, 6.07) is 9.72. The van der Waals surface area contributed by atoms with Gasteiger partial charge in [0.2, 0.25) is 5.91 Å². The molecule has 4 rings (SSSR count). The number of aromatic nitrogens is 3. The van der Waals surface area contributed by atoms with Gasteiger partial charge in [0.1, 0.15) is 17.7 Å². The molecule has 1 atom stereocenters. The largest absolute Gasteiger partial charge is 0.480 e. The molecule has 0 radical (unpaired) electrons. The highest BCUT2D eigenvalue weighted by Crippen LogP contribution is 2.23. The fourth-order valence-corrected chi connectivity index (χ4v) is 4.37. The average molecular weight is 397 g/mol. The van der Waals surface area contributed by atoms with Gasteiger partial charge in [-0.2, -0.15) is 0 Å². The number of carbonyl (C=O) groups is 2. The number of carbonyl (C=O) groups excluding carboxylic acids is 1. The first kappa shape index (κ1) is 19.6. The topological polar surface area (TPSA) is 91.6 Å². The number of likely N-dealkylation sites (tertiary alicyclic amines) is 1. The van der Waals surface area contributed by atoms with E-state index in [-0.39, 0.29) is 19.0 Å². The molecule has 0 saturated carbocycles. The van der Waals surface area contributed by atoms with Gasteiger partial charge >= 0.3 is 5.97 Å². The van der Waals surface area contributed by atoms with Crippen molar-refractivity contribution in [1.29, 1.82) is 0 Å². The molecule has 2 aromatic rings. The number of aliphatic carboxylic acids is 1. The molecule has 8 heteroatoms. The summed E-state index contributed by atoms with van der Waals surface area (Å²) >= 11 is 0. The maximum Gasteiger partial charge on any atom is 0.322 e. The van der Waals surface area contributed by atoms with Crippen molar-refractivity contribution in [3.8, 4) is 0 Å². The highest BCUT2D eigenvalue weighted by molar-refractivity contribution is 5.80. The molecule has 2 aliphatic heterocycles. The molecule has 1 fully saturated rings. The molecule has 29 heavy (non-hydrogen) atoms. The second-order valence-electron chi connectivity index (χ2n) is 8.05. The molecule has 0 bridgehead atoms. The van der Waals surface area contributed by atoms with E-state index in [0.29, 0.717) is 18.3 Å². The molecule has 1 unspecified atom stereocenters. The second kappa shape index (κ2) is 8.32. The zero-order chi connectivity index (χ0) is 20.4. The van der Waals surface area contributed by atoms with Crippen LogP contribution in [0.2, 0.25) is 0 Å². The molecule has 0 spiro atoms. The van der Waals surface area contributed by atoms with Crippen LogP contribution in [0.3, 0.4) is 0 Å². The third-order valence-electron chi connectivity index (χ3n) is 6.11. The van der Waals surface area contributed by atoms with E-state index in [0.717, 1.165) is 38.2 Å². The smallest absolute Gasteiger partial charge is 0.322 e. The number of fused-ring (bicyclic) bond motifs is 1. The average Bonchev–Trinajstić information content (AvgIpc) is 3.08. The van der Waals surface area contributed by atoms with Crippen LogP contribution in [0, 0.1) is 12.8 Å². The van der Waals surface area contributed by atoms with Gasteiger partial charge in [0.05, 0.1) is 19.6 Å². The van der Waals surface area contributed by atoms with Gasteiger partial charge in [-0.1, -0.05) is 30.3 Å². The fourth-order valence-electron chi connectivity index (χ4n) is 4.37. The van der Waals surface area contributed by atoms with Crippen LogP contribution in [0.4, 0.5) is 0 Å². The van der Waals surface area contributed by atoms with Gasteiger partial charge in [0.15, 0.2) is 0 Å². The number of carboxylic acids is 1. The Morgan fingerprint density at radius 1 is 1.14 bits per heavy atom. The lowest BCUT2D eigenvalue weighted by Gasteiger charge is -2.36. The summed E-state index contributed by atoms with van der Waals surface area (Å²) < 4.78 is 1.83. The maximum absolute atomic E-state index is 12.9. The molecular weight excluding hydrogens is 370 g/mol. The number of carboxylic acid groups (broad SMARTS) is 1. The lowest BCUT2D eigenvalue weighted by atomic mass is 9.90. The summed E-state index contributed by atoms with van der Waals surface area (Å²) in [6.07, 6.45) is 3.01. The zero-order valence-electron chi connectivity index (χ0n) is 16.7. The Bertz CT molecular complexity index is 874. The first-order chi connectivity index (χ1) is 14.0. The van der Waals surface area contributed by atoms with E-state index in [2.05, 4.69) is 34.5 Å². The highest BCUT2D eigenvalue weighted by atomic mass is 16.4. The first-order valence-electron chi connectivity index (χ1n) is 10.2. The number of piperidine rings is 1. The van der Waals surface area contributed by atoms with Gasteiger partial charge in [-0.15, -0.1) is 10.2 Å². The number of hydrogen-bond acceptors (Lipinski definition) is 5. The molecule has 0 aliphatic carbocycles. The first-order valence-corrected chi connectivity index (χ1v) is 10.2. The van der Waals surface area contributed by atoms with E-state index in [1.807, 2.05) is 22.5 Å². The van der Waals surface area contributed by atoms with Crippen LogP contribution in [0.25, 0.3) is 0 Å². The van der Waals surface area contributed by atoms with Crippen molar-refractivity contribution in [2.45, 2.75) is 45.3 Å². The molecule has 2 aliphatic rings. The Kier molecular flexibility index (Phi) is 5.62. The van der Waals surface area contributed by atoms with Gasteiger partial charge in [-0.25, -0.2) is 0 Å². The van der Waals surface area contributed by atoms with E-state index >= 15 is 0 Å². The van der Waals surface area contributed by atoms with Crippen LogP contribution in [0.5, 0.6) is 0 Å². The van der Waals surface area contributed by atoms with E-state index in [1.165, 1.54) is 5.56 Å². The SMILES string of the molecule is Cc1nnc2n1CC(C(=O)O)N(CC(=O)N1CCC(Cc3ccccc3)CC1)C2. The Hall–Kier alpha value is -2.74. The van der Waals surface area contributed by atoms with Gasteiger partial charge in [0.25, 0.3) is 0 Å². The molecule has 1 saturated heterocycles. The predicted molar refractivity (Wildman–Crippen MR) is 106 cm³/mol. The second-order valence-corrected chi connectivity index (χ2v) is 8.05. The minimum Gasteiger partial charge on any atom is -0.480 e. The minimum atomic E-state index is -0.918. The van der Waals surface area contributed by atoms with Gasteiger partial charge in [0, 0.05) is 13.1 Å². The van der Waals surface area contributed by atoms with Gasteiger partial charge < -0.3 is 14.6 Å². The molecule has 1 aromatic heterocycles. The van der Waals surface area contributed by atoms with Crippen molar-refractivity contribution >= 4 is 11.9 Å². The standard InChI is InChI=1S/C21H27N5O3/c1-15-22-23-19-13-25(18(21(28)29)12-26(15)19)14-20(27)24-9-7-17(8-10-24)11-16-5-3-2-4-6-16/h2-6,17-18H,7-14H2,1H3,(H,28,29). The van der Waals surface area contributed by atoms with E-state index < -0.39 is 12.0 Å². The molecular formula is C21H27N5O3. The van der Waals surface area contributed by atoms with Crippen LogP contribution in [-0.4, -0.2) is 67.2 Å². The summed E-state index contributed by atoms with van der Waals surface area (Å²) in [5, 5.41) is 17.8. The lowest BCUT2D eigenvalue weighted by molar-refractivity contribution is -0.147. The third kappa shape index (κ3) is 4.32. The summed E-state index contributed by atoms with van der Waals surface area (Å²) in [5.74, 6) is 1.09. The van der Waals surface area contributed by atoms with Crippen molar-refractivity contribution in [2.75, 3.05) is 19.6 Å². The van der Waals surface area contributed by atoms with E-state index in [9.17, 15) is 14.7 Å².